The van der Waals surface area contributed by atoms with Gasteiger partial charge in [-0.05, 0) is 36.9 Å². The minimum Gasteiger partial charge on any atom is -0.508 e. The maximum Gasteiger partial charge on any atom is 0.240 e. The molecule has 0 aliphatic heterocycles. The van der Waals surface area contributed by atoms with Crippen LogP contribution in [0.3, 0.4) is 0 Å². The van der Waals surface area contributed by atoms with E-state index in [-0.39, 0.29) is 5.75 Å². The van der Waals surface area contributed by atoms with Gasteiger partial charge in [0.05, 0.1) is 5.52 Å². The van der Waals surface area contributed by atoms with Gasteiger partial charge >= 0.3 is 0 Å². The molecule has 3 aromatic rings. The smallest absolute Gasteiger partial charge is 0.240 e. The predicted molar refractivity (Wildman–Crippen MR) is 75.1 cm³/mol. The Morgan fingerprint density at radius 1 is 1.21 bits per heavy atom. The lowest BCUT2D eigenvalue weighted by Crippen LogP contribution is -1.91. The number of rotatable bonds is 2. The number of aromatic nitrogens is 2. The van der Waals surface area contributed by atoms with Crippen LogP contribution in [0.5, 0.6) is 17.4 Å². The fraction of sp³-hybridized carbons (Fsp3) is 0.143. The van der Waals surface area contributed by atoms with Crippen molar-refractivity contribution in [2.45, 2.75) is 13.8 Å². The van der Waals surface area contributed by atoms with E-state index in [0.29, 0.717) is 17.2 Å². The predicted octanol–water partition coefficient (Wildman–Crippen LogP) is 3.81. The summed E-state index contributed by atoms with van der Waals surface area (Å²) in [5.74, 6) is 1.34. The second-order valence-electron chi connectivity index (χ2n) is 4.28. The van der Waals surface area contributed by atoms with Crippen molar-refractivity contribution in [1.82, 2.24) is 9.97 Å². The summed E-state index contributed by atoms with van der Waals surface area (Å²) in [7, 11) is 0. The molecule has 0 spiro atoms. The molecule has 0 atom stereocenters. The second kappa shape index (κ2) is 4.51. The van der Waals surface area contributed by atoms with E-state index in [0.717, 1.165) is 15.8 Å². The minimum atomic E-state index is 0.213. The summed E-state index contributed by atoms with van der Waals surface area (Å²) < 4.78 is 6.74. The summed E-state index contributed by atoms with van der Waals surface area (Å²) in [5.41, 5.74) is 2.72. The molecule has 0 bridgehead atoms. The van der Waals surface area contributed by atoms with Gasteiger partial charge in [0, 0.05) is 5.56 Å². The first-order valence-corrected chi connectivity index (χ1v) is 6.70. The van der Waals surface area contributed by atoms with Crippen molar-refractivity contribution >= 4 is 21.6 Å². The molecule has 0 saturated heterocycles. The second-order valence-corrected chi connectivity index (χ2v) is 5.16. The number of thiophene rings is 1. The number of phenolic OH excluding ortho intramolecular Hbond substituents is 1. The Morgan fingerprint density at radius 2 is 2.05 bits per heavy atom. The molecule has 5 heteroatoms. The van der Waals surface area contributed by atoms with E-state index >= 15 is 0 Å². The summed E-state index contributed by atoms with van der Waals surface area (Å²) in [6, 6.07) is 5.19. The van der Waals surface area contributed by atoms with Crippen LogP contribution in [0.4, 0.5) is 0 Å². The van der Waals surface area contributed by atoms with Crippen LogP contribution in [-0.2, 0) is 0 Å². The van der Waals surface area contributed by atoms with Gasteiger partial charge in [-0.3, -0.25) is 0 Å². The number of hydrogen-bond donors (Lipinski definition) is 1. The van der Waals surface area contributed by atoms with E-state index in [1.54, 1.807) is 23.5 Å². The van der Waals surface area contributed by atoms with E-state index in [9.17, 15) is 5.11 Å². The van der Waals surface area contributed by atoms with Crippen LogP contribution < -0.4 is 4.74 Å². The third kappa shape index (κ3) is 2.02. The number of ether oxygens (including phenoxy) is 1. The van der Waals surface area contributed by atoms with Crippen molar-refractivity contribution in [1.29, 1.82) is 0 Å². The zero-order valence-electron chi connectivity index (χ0n) is 10.5. The first kappa shape index (κ1) is 11.9. The van der Waals surface area contributed by atoms with Crippen LogP contribution in [0.2, 0.25) is 0 Å². The zero-order chi connectivity index (χ0) is 13.4. The summed E-state index contributed by atoms with van der Waals surface area (Å²) in [6.07, 6.45) is 1.50. The maximum atomic E-state index is 9.69. The van der Waals surface area contributed by atoms with Gasteiger partial charge in [0.1, 0.15) is 22.5 Å². The summed E-state index contributed by atoms with van der Waals surface area (Å²) in [4.78, 5) is 8.43. The average molecular weight is 272 g/mol. The van der Waals surface area contributed by atoms with Gasteiger partial charge in [0.15, 0.2) is 0 Å². The van der Waals surface area contributed by atoms with Gasteiger partial charge in [-0.25, -0.2) is 9.97 Å². The van der Waals surface area contributed by atoms with E-state index in [2.05, 4.69) is 9.97 Å². The SMILES string of the molecule is Cc1c(O)cccc1Oc1ncnc2c(C)csc12. The number of aromatic hydroxyl groups is 1. The van der Waals surface area contributed by atoms with Crippen molar-refractivity contribution in [2.75, 3.05) is 0 Å². The maximum absolute atomic E-state index is 9.69. The van der Waals surface area contributed by atoms with Gasteiger partial charge in [0.25, 0.3) is 0 Å². The first-order valence-electron chi connectivity index (χ1n) is 5.82. The van der Waals surface area contributed by atoms with Crippen LogP contribution in [0.25, 0.3) is 10.2 Å². The summed E-state index contributed by atoms with van der Waals surface area (Å²) in [6.45, 7) is 3.82. The first-order chi connectivity index (χ1) is 9.16. The molecule has 0 aliphatic rings. The lowest BCUT2D eigenvalue weighted by atomic mass is 10.2. The van der Waals surface area contributed by atoms with Crippen molar-refractivity contribution in [3.05, 3.63) is 41.0 Å². The van der Waals surface area contributed by atoms with Crippen molar-refractivity contribution in [3.8, 4) is 17.4 Å². The lowest BCUT2D eigenvalue weighted by Gasteiger charge is -2.09. The third-order valence-electron chi connectivity index (χ3n) is 2.96. The molecule has 1 aromatic carbocycles. The highest BCUT2D eigenvalue weighted by Gasteiger charge is 2.12. The Hall–Kier alpha value is -2.14. The lowest BCUT2D eigenvalue weighted by molar-refractivity contribution is 0.442. The summed E-state index contributed by atoms with van der Waals surface area (Å²) >= 11 is 1.56. The number of phenols is 1. The molecular formula is C14H12N2O2S. The monoisotopic (exact) mass is 272 g/mol. The van der Waals surface area contributed by atoms with E-state index in [1.807, 2.05) is 25.3 Å². The molecule has 0 saturated carbocycles. The molecule has 2 aromatic heterocycles. The molecule has 0 amide bonds. The van der Waals surface area contributed by atoms with Crippen molar-refractivity contribution in [3.63, 3.8) is 0 Å². The van der Waals surface area contributed by atoms with E-state index in [4.69, 9.17) is 4.74 Å². The van der Waals surface area contributed by atoms with Gasteiger partial charge in [-0.1, -0.05) is 6.07 Å². The molecular weight excluding hydrogens is 260 g/mol. The average Bonchev–Trinajstić information content (AvgIpc) is 2.78. The Morgan fingerprint density at radius 3 is 2.89 bits per heavy atom. The molecule has 3 rings (SSSR count). The highest BCUT2D eigenvalue weighted by molar-refractivity contribution is 7.17. The Labute approximate surface area is 114 Å². The molecule has 0 unspecified atom stereocenters. The molecule has 0 fully saturated rings. The Kier molecular flexibility index (Phi) is 2.83. The van der Waals surface area contributed by atoms with Crippen molar-refractivity contribution < 1.29 is 9.84 Å². The highest BCUT2D eigenvalue weighted by atomic mass is 32.1. The van der Waals surface area contributed by atoms with Crippen LogP contribution in [0.1, 0.15) is 11.1 Å². The summed E-state index contributed by atoms with van der Waals surface area (Å²) in [5, 5.41) is 11.7. The number of benzene rings is 1. The number of nitrogens with zero attached hydrogens (tertiary/aromatic N) is 2. The normalized spacial score (nSPS) is 10.8. The van der Waals surface area contributed by atoms with Crippen molar-refractivity contribution in [2.24, 2.45) is 0 Å². The van der Waals surface area contributed by atoms with E-state index in [1.165, 1.54) is 6.33 Å². The fourth-order valence-electron chi connectivity index (χ4n) is 1.84. The molecule has 4 nitrogen and oxygen atoms in total. The largest absolute Gasteiger partial charge is 0.508 e. The van der Waals surface area contributed by atoms with Gasteiger partial charge < -0.3 is 9.84 Å². The number of hydrogen-bond acceptors (Lipinski definition) is 5. The van der Waals surface area contributed by atoms with Crippen LogP contribution in [0.15, 0.2) is 29.9 Å². The quantitative estimate of drug-likeness (QED) is 0.770. The highest BCUT2D eigenvalue weighted by Crippen LogP contribution is 2.35. The fourth-order valence-corrected chi connectivity index (χ4v) is 2.76. The molecule has 19 heavy (non-hydrogen) atoms. The third-order valence-corrected chi connectivity index (χ3v) is 4.04. The van der Waals surface area contributed by atoms with Crippen LogP contribution in [-0.4, -0.2) is 15.1 Å². The standard InChI is InChI=1S/C14H12N2O2S/c1-8-6-19-13-12(8)15-7-16-14(13)18-11-5-3-4-10(17)9(11)2/h3-7,17H,1-2H3. The molecule has 2 heterocycles. The van der Waals surface area contributed by atoms with Gasteiger partial charge in [0.2, 0.25) is 5.88 Å². The Bertz CT molecular complexity index is 752. The Balaban J connectivity index is 2.08. The molecule has 1 N–H and O–H groups in total. The number of aryl methyl sites for hydroxylation is 1. The topological polar surface area (TPSA) is 55.2 Å². The number of fused-ring (bicyclic) bond motifs is 1. The zero-order valence-corrected chi connectivity index (χ0v) is 11.4. The minimum absolute atomic E-state index is 0.213. The molecule has 96 valence electrons. The van der Waals surface area contributed by atoms with Gasteiger partial charge in [-0.2, -0.15) is 0 Å². The molecule has 0 aliphatic carbocycles. The van der Waals surface area contributed by atoms with Crippen LogP contribution >= 0.6 is 11.3 Å². The van der Waals surface area contributed by atoms with E-state index < -0.39 is 0 Å². The molecule has 0 radical (unpaired) electrons. The van der Waals surface area contributed by atoms with Crippen LogP contribution in [0, 0.1) is 13.8 Å². The van der Waals surface area contributed by atoms with Gasteiger partial charge in [-0.15, -0.1) is 11.3 Å².